The van der Waals surface area contributed by atoms with Gasteiger partial charge in [-0.3, -0.25) is 4.79 Å². The standard InChI is InChI=1S/C12H17NO3/c1-3-10(8-14)13-12(15)9-5-4-6-11(7-9)16-2/h4-7,10,14H,3,8H2,1-2H3,(H,13,15)/t10-/m0/s1. The van der Waals surface area contributed by atoms with Crippen LogP contribution in [0.3, 0.4) is 0 Å². The Morgan fingerprint density at radius 2 is 2.31 bits per heavy atom. The second kappa shape index (κ2) is 6.12. The molecule has 0 heterocycles. The first kappa shape index (κ1) is 12.5. The summed E-state index contributed by atoms with van der Waals surface area (Å²) in [5, 5.41) is 11.7. The largest absolute Gasteiger partial charge is 0.497 e. The number of benzene rings is 1. The van der Waals surface area contributed by atoms with Crippen LogP contribution >= 0.6 is 0 Å². The van der Waals surface area contributed by atoms with Gasteiger partial charge in [-0.25, -0.2) is 0 Å². The molecule has 0 saturated carbocycles. The van der Waals surface area contributed by atoms with Crippen molar-refractivity contribution < 1.29 is 14.6 Å². The molecule has 2 N–H and O–H groups in total. The molecular weight excluding hydrogens is 206 g/mol. The summed E-state index contributed by atoms with van der Waals surface area (Å²) in [6.07, 6.45) is 0.701. The number of carbonyl (C=O) groups excluding carboxylic acids is 1. The van der Waals surface area contributed by atoms with Crippen molar-refractivity contribution in [3.05, 3.63) is 29.8 Å². The Labute approximate surface area is 95.2 Å². The van der Waals surface area contributed by atoms with E-state index >= 15 is 0 Å². The van der Waals surface area contributed by atoms with Gasteiger partial charge in [0, 0.05) is 5.56 Å². The van der Waals surface area contributed by atoms with Gasteiger partial charge in [0.05, 0.1) is 19.8 Å². The zero-order chi connectivity index (χ0) is 12.0. The Morgan fingerprint density at radius 3 is 2.88 bits per heavy atom. The van der Waals surface area contributed by atoms with Crippen molar-refractivity contribution in [2.45, 2.75) is 19.4 Å². The topological polar surface area (TPSA) is 58.6 Å². The maximum atomic E-state index is 11.8. The number of amides is 1. The molecule has 0 aliphatic rings. The Bertz CT molecular complexity index is 348. The van der Waals surface area contributed by atoms with Crippen LogP contribution in [0.4, 0.5) is 0 Å². The molecule has 0 aliphatic carbocycles. The fraction of sp³-hybridized carbons (Fsp3) is 0.417. The summed E-state index contributed by atoms with van der Waals surface area (Å²) >= 11 is 0. The maximum Gasteiger partial charge on any atom is 0.251 e. The van der Waals surface area contributed by atoms with E-state index in [2.05, 4.69) is 5.32 Å². The van der Waals surface area contributed by atoms with E-state index in [0.717, 1.165) is 0 Å². The lowest BCUT2D eigenvalue weighted by molar-refractivity contribution is 0.0914. The van der Waals surface area contributed by atoms with Crippen LogP contribution in [-0.2, 0) is 0 Å². The lowest BCUT2D eigenvalue weighted by Crippen LogP contribution is -2.36. The van der Waals surface area contributed by atoms with Crippen molar-refractivity contribution in [2.75, 3.05) is 13.7 Å². The first-order valence-electron chi connectivity index (χ1n) is 5.27. The zero-order valence-electron chi connectivity index (χ0n) is 9.56. The van der Waals surface area contributed by atoms with E-state index in [1.807, 2.05) is 6.92 Å². The van der Waals surface area contributed by atoms with Gasteiger partial charge in [-0.2, -0.15) is 0 Å². The number of aliphatic hydroxyl groups is 1. The number of nitrogens with one attached hydrogen (secondary N) is 1. The first-order valence-corrected chi connectivity index (χ1v) is 5.27. The zero-order valence-corrected chi connectivity index (χ0v) is 9.56. The smallest absolute Gasteiger partial charge is 0.251 e. The normalized spacial score (nSPS) is 11.9. The Kier molecular flexibility index (Phi) is 4.79. The van der Waals surface area contributed by atoms with Crippen LogP contribution < -0.4 is 10.1 Å². The molecular formula is C12H17NO3. The van der Waals surface area contributed by atoms with Crippen LogP contribution in [-0.4, -0.2) is 30.8 Å². The van der Waals surface area contributed by atoms with Crippen molar-refractivity contribution >= 4 is 5.91 Å². The highest BCUT2D eigenvalue weighted by Crippen LogP contribution is 2.12. The molecule has 0 radical (unpaired) electrons. The third-order valence-corrected chi connectivity index (χ3v) is 2.38. The second-order valence-corrected chi connectivity index (χ2v) is 3.49. The molecule has 0 fully saturated rings. The lowest BCUT2D eigenvalue weighted by atomic mass is 10.1. The minimum atomic E-state index is -0.196. The molecule has 1 amide bonds. The molecule has 0 saturated heterocycles. The van der Waals surface area contributed by atoms with Gasteiger partial charge in [-0.15, -0.1) is 0 Å². The predicted octanol–water partition coefficient (Wildman–Crippen LogP) is 1.20. The number of hydrogen-bond donors (Lipinski definition) is 2. The highest BCUT2D eigenvalue weighted by atomic mass is 16.5. The van der Waals surface area contributed by atoms with Gasteiger partial charge in [-0.05, 0) is 24.6 Å². The summed E-state index contributed by atoms with van der Waals surface area (Å²) in [7, 11) is 1.56. The number of aliphatic hydroxyl groups excluding tert-OH is 1. The summed E-state index contributed by atoms with van der Waals surface area (Å²) < 4.78 is 5.03. The highest BCUT2D eigenvalue weighted by molar-refractivity contribution is 5.94. The number of hydrogen-bond acceptors (Lipinski definition) is 3. The van der Waals surface area contributed by atoms with Crippen molar-refractivity contribution in [1.29, 1.82) is 0 Å². The van der Waals surface area contributed by atoms with Gasteiger partial charge in [0.15, 0.2) is 0 Å². The summed E-state index contributed by atoms with van der Waals surface area (Å²) in [6, 6.07) is 6.72. The van der Waals surface area contributed by atoms with E-state index in [0.29, 0.717) is 17.7 Å². The van der Waals surface area contributed by atoms with E-state index in [-0.39, 0.29) is 18.6 Å². The molecule has 0 unspecified atom stereocenters. The number of ether oxygens (including phenoxy) is 1. The lowest BCUT2D eigenvalue weighted by Gasteiger charge is -2.14. The van der Waals surface area contributed by atoms with Gasteiger partial charge in [0.25, 0.3) is 5.91 Å². The van der Waals surface area contributed by atoms with Crippen molar-refractivity contribution in [3.63, 3.8) is 0 Å². The molecule has 1 aromatic rings. The van der Waals surface area contributed by atoms with E-state index in [1.165, 1.54) is 0 Å². The molecule has 4 nitrogen and oxygen atoms in total. The van der Waals surface area contributed by atoms with Gasteiger partial charge in [-0.1, -0.05) is 13.0 Å². The van der Waals surface area contributed by atoms with Gasteiger partial charge in [0.2, 0.25) is 0 Å². The molecule has 0 aliphatic heterocycles. The molecule has 0 spiro atoms. The fourth-order valence-electron chi connectivity index (χ4n) is 1.31. The fourth-order valence-corrected chi connectivity index (χ4v) is 1.31. The third kappa shape index (κ3) is 3.24. The average molecular weight is 223 g/mol. The van der Waals surface area contributed by atoms with E-state index in [1.54, 1.807) is 31.4 Å². The number of methoxy groups -OCH3 is 1. The Hall–Kier alpha value is -1.55. The summed E-state index contributed by atoms with van der Waals surface area (Å²) in [5.41, 5.74) is 0.534. The van der Waals surface area contributed by atoms with Crippen LogP contribution in [0.15, 0.2) is 24.3 Å². The maximum absolute atomic E-state index is 11.8. The van der Waals surface area contributed by atoms with Crippen LogP contribution in [0.25, 0.3) is 0 Å². The molecule has 1 atom stereocenters. The second-order valence-electron chi connectivity index (χ2n) is 3.49. The van der Waals surface area contributed by atoms with E-state index in [4.69, 9.17) is 9.84 Å². The molecule has 0 aromatic heterocycles. The first-order chi connectivity index (χ1) is 7.71. The number of carbonyl (C=O) groups is 1. The Balaban J connectivity index is 2.72. The minimum absolute atomic E-state index is 0.0494. The summed E-state index contributed by atoms with van der Waals surface area (Å²) in [4.78, 5) is 11.8. The molecule has 0 bridgehead atoms. The monoisotopic (exact) mass is 223 g/mol. The van der Waals surface area contributed by atoms with Crippen LogP contribution in [0.2, 0.25) is 0 Å². The van der Waals surface area contributed by atoms with Crippen LogP contribution in [0.1, 0.15) is 23.7 Å². The minimum Gasteiger partial charge on any atom is -0.497 e. The van der Waals surface area contributed by atoms with Gasteiger partial charge >= 0.3 is 0 Å². The van der Waals surface area contributed by atoms with Crippen molar-refractivity contribution in [3.8, 4) is 5.75 Å². The Morgan fingerprint density at radius 1 is 1.56 bits per heavy atom. The molecule has 1 aromatic carbocycles. The van der Waals surface area contributed by atoms with Gasteiger partial charge in [0.1, 0.15) is 5.75 Å². The SMILES string of the molecule is CC[C@@H](CO)NC(=O)c1cccc(OC)c1. The summed E-state index contributed by atoms with van der Waals surface area (Å²) in [5.74, 6) is 0.449. The summed E-state index contributed by atoms with van der Waals surface area (Å²) in [6.45, 7) is 1.86. The van der Waals surface area contributed by atoms with Gasteiger partial charge < -0.3 is 15.2 Å². The molecule has 1 rings (SSSR count). The van der Waals surface area contributed by atoms with Crippen LogP contribution in [0.5, 0.6) is 5.75 Å². The predicted molar refractivity (Wildman–Crippen MR) is 61.6 cm³/mol. The van der Waals surface area contributed by atoms with Crippen molar-refractivity contribution in [2.24, 2.45) is 0 Å². The number of rotatable bonds is 5. The van der Waals surface area contributed by atoms with E-state index < -0.39 is 0 Å². The molecule has 16 heavy (non-hydrogen) atoms. The average Bonchev–Trinajstić information content (AvgIpc) is 2.35. The van der Waals surface area contributed by atoms with Crippen molar-refractivity contribution in [1.82, 2.24) is 5.32 Å². The third-order valence-electron chi connectivity index (χ3n) is 2.38. The van der Waals surface area contributed by atoms with E-state index in [9.17, 15) is 4.79 Å². The highest BCUT2D eigenvalue weighted by Gasteiger charge is 2.11. The quantitative estimate of drug-likeness (QED) is 0.788. The molecule has 88 valence electrons. The van der Waals surface area contributed by atoms with Crippen LogP contribution in [0, 0.1) is 0 Å². The molecule has 4 heteroatoms.